The van der Waals surface area contributed by atoms with Gasteiger partial charge in [-0.1, -0.05) is 0 Å². The molecule has 78 valence electrons. The molecule has 0 radical (unpaired) electrons. The van der Waals surface area contributed by atoms with Gasteiger partial charge in [0.1, 0.15) is 0 Å². The number of rotatable bonds is 1. The lowest BCUT2D eigenvalue weighted by atomic mass is 10.4. The lowest BCUT2D eigenvalue weighted by molar-refractivity contribution is 0.0941. The maximum Gasteiger partial charge on any atom is 0.330 e. The standard InChI is InChI=1S/C8H7N3O2S2/c9-8(13)11-10-7(12)6-3-5-4(15-6)1-2-14-5/h1-3H,(H,10,12)(H3,9,11,13). The van der Waals surface area contributed by atoms with Crippen molar-refractivity contribution in [1.29, 1.82) is 0 Å². The zero-order chi connectivity index (χ0) is 10.8. The van der Waals surface area contributed by atoms with Gasteiger partial charge in [0.05, 0.1) is 4.88 Å². The maximum atomic E-state index is 11.5. The van der Waals surface area contributed by atoms with Gasteiger partial charge in [-0.3, -0.25) is 10.2 Å². The van der Waals surface area contributed by atoms with Gasteiger partial charge in [-0.05, 0) is 17.5 Å². The van der Waals surface area contributed by atoms with Crippen molar-refractivity contribution in [3.05, 3.63) is 22.4 Å². The zero-order valence-electron chi connectivity index (χ0n) is 7.44. The van der Waals surface area contributed by atoms with Crippen LogP contribution in [0.25, 0.3) is 9.40 Å². The number of carbonyl (C=O) groups is 2. The van der Waals surface area contributed by atoms with Gasteiger partial charge in [0, 0.05) is 9.40 Å². The van der Waals surface area contributed by atoms with Crippen molar-refractivity contribution in [2.45, 2.75) is 0 Å². The van der Waals surface area contributed by atoms with Crippen LogP contribution in [0.15, 0.2) is 17.5 Å². The van der Waals surface area contributed by atoms with Crippen LogP contribution >= 0.6 is 22.7 Å². The SMILES string of the molecule is NC(=O)NNC(=O)c1cc2sccc2s1. The number of fused-ring (bicyclic) bond motifs is 1. The third-order valence-electron chi connectivity index (χ3n) is 1.66. The topological polar surface area (TPSA) is 84.2 Å². The summed E-state index contributed by atoms with van der Waals surface area (Å²) in [6.45, 7) is 0. The zero-order valence-corrected chi connectivity index (χ0v) is 9.08. The van der Waals surface area contributed by atoms with Gasteiger partial charge in [0.15, 0.2) is 0 Å². The normalized spacial score (nSPS) is 10.1. The van der Waals surface area contributed by atoms with Crippen molar-refractivity contribution < 1.29 is 9.59 Å². The van der Waals surface area contributed by atoms with E-state index in [2.05, 4.69) is 5.43 Å². The van der Waals surface area contributed by atoms with Crippen molar-refractivity contribution in [3.63, 3.8) is 0 Å². The highest BCUT2D eigenvalue weighted by molar-refractivity contribution is 7.27. The molecule has 0 bridgehead atoms. The number of carbonyl (C=O) groups excluding carboxylic acids is 2. The van der Waals surface area contributed by atoms with Gasteiger partial charge in [-0.25, -0.2) is 10.2 Å². The second-order valence-corrected chi connectivity index (χ2v) is 4.73. The predicted octanol–water partition coefficient (Wildman–Crippen LogP) is 1.28. The van der Waals surface area contributed by atoms with Crippen LogP contribution in [0.4, 0.5) is 4.79 Å². The predicted molar refractivity (Wildman–Crippen MR) is 59.9 cm³/mol. The van der Waals surface area contributed by atoms with Crippen LogP contribution in [-0.4, -0.2) is 11.9 Å². The van der Waals surface area contributed by atoms with Crippen molar-refractivity contribution in [2.75, 3.05) is 0 Å². The van der Waals surface area contributed by atoms with Crippen molar-refractivity contribution >= 4 is 44.0 Å². The molecular formula is C8H7N3O2S2. The average molecular weight is 241 g/mol. The summed E-state index contributed by atoms with van der Waals surface area (Å²) in [5.41, 5.74) is 9.05. The van der Waals surface area contributed by atoms with E-state index >= 15 is 0 Å². The summed E-state index contributed by atoms with van der Waals surface area (Å²) in [6.07, 6.45) is 0. The van der Waals surface area contributed by atoms with E-state index in [1.54, 1.807) is 17.4 Å². The molecule has 0 saturated carbocycles. The number of thiophene rings is 2. The monoisotopic (exact) mass is 241 g/mol. The number of nitrogens with one attached hydrogen (secondary N) is 2. The van der Waals surface area contributed by atoms with Crippen LogP contribution in [0.3, 0.4) is 0 Å². The second kappa shape index (κ2) is 3.87. The molecule has 2 rings (SSSR count). The number of urea groups is 1. The minimum atomic E-state index is -0.790. The highest BCUT2D eigenvalue weighted by Gasteiger charge is 2.10. The highest BCUT2D eigenvalue weighted by atomic mass is 32.1. The van der Waals surface area contributed by atoms with E-state index in [0.717, 1.165) is 9.40 Å². The van der Waals surface area contributed by atoms with Crippen LogP contribution in [-0.2, 0) is 0 Å². The third kappa shape index (κ3) is 2.08. The summed E-state index contributed by atoms with van der Waals surface area (Å²) in [6, 6.07) is 2.94. The lowest BCUT2D eigenvalue weighted by Crippen LogP contribution is -2.44. The largest absolute Gasteiger partial charge is 0.350 e. The maximum absolute atomic E-state index is 11.5. The first-order valence-corrected chi connectivity index (χ1v) is 5.69. The highest BCUT2D eigenvalue weighted by Crippen LogP contribution is 2.29. The fourth-order valence-corrected chi connectivity index (χ4v) is 3.06. The number of primary amides is 1. The summed E-state index contributed by atoms with van der Waals surface area (Å²) in [5, 5.41) is 1.96. The van der Waals surface area contributed by atoms with E-state index in [1.807, 2.05) is 16.9 Å². The van der Waals surface area contributed by atoms with E-state index < -0.39 is 6.03 Å². The van der Waals surface area contributed by atoms with E-state index in [9.17, 15) is 9.59 Å². The molecule has 0 saturated heterocycles. The third-order valence-corrected chi connectivity index (χ3v) is 3.75. The van der Waals surface area contributed by atoms with E-state index in [-0.39, 0.29) is 5.91 Å². The second-order valence-electron chi connectivity index (χ2n) is 2.70. The Morgan fingerprint density at radius 3 is 2.73 bits per heavy atom. The molecule has 0 aliphatic carbocycles. The molecule has 0 fully saturated rings. The number of hydrogen-bond acceptors (Lipinski definition) is 4. The number of nitrogens with two attached hydrogens (primary N) is 1. The van der Waals surface area contributed by atoms with Crippen LogP contribution in [0.2, 0.25) is 0 Å². The summed E-state index contributed by atoms with van der Waals surface area (Å²) in [7, 11) is 0. The molecule has 3 amide bonds. The van der Waals surface area contributed by atoms with E-state index in [0.29, 0.717) is 4.88 Å². The molecule has 0 aliphatic heterocycles. The molecule has 7 heteroatoms. The van der Waals surface area contributed by atoms with Gasteiger partial charge in [-0.15, -0.1) is 22.7 Å². The van der Waals surface area contributed by atoms with Crippen LogP contribution in [0.5, 0.6) is 0 Å². The lowest BCUT2D eigenvalue weighted by Gasteiger charge is -2.01. The van der Waals surface area contributed by atoms with Gasteiger partial charge in [0.25, 0.3) is 5.91 Å². The van der Waals surface area contributed by atoms with Crippen molar-refractivity contribution in [2.24, 2.45) is 5.73 Å². The summed E-state index contributed by atoms with van der Waals surface area (Å²) < 4.78 is 2.12. The van der Waals surface area contributed by atoms with E-state index in [1.165, 1.54) is 11.3 Å². The summed E-state index contributed by atoms with van der Waals surface area (Å²) in [5.74, 6) is -0.359. The summed E-state index contributed by atoms with van der Waals surface area (Å²) in [4.78, 5) is 22.4. The molecule has 15 heavy (non-hydrogen) atoms. The quantitative estimate of drug-likeness (QED) is 0.657. The first-order valence-electron chi connectivity index (χ1n) is 3.99. The van der Waals surface area contributed by atoms with E-state index in [4.69, 9.17) is 5.73 Å². The van der Waals surface area contributed by atoms with Crippen LogP contribution in [0.1, 0.15) is 9.67 Å². The minimum Gasteiger partial charge on any atom is -0.350 e. The molecule has 0 aromatic carbocycles. The Morgan fingerprint density at radius 2 is 2.07 bits per heavy atom. The molecule has 4 N–H and O–H groups in total. The van der Waals surface area contributed by atoms with Crippen molar-refractivity contribution in [3.8, 4) is 0 Å². The molecule has 2 aromatic heterocycles. The smallest absolute Gasteiger partial charge is 0.330 e. The Balaban J connectivity index is 2.13. The molecular weight excluding hydrogens is 234 g/mol. The minimum absolute atomic E-state index is 0.359. The number of hydrogen-bond donors (Lipinski definition) is 3. The Kier molecular flexibility index (Phi) is 2.57. The van der Waals surface area contributed by atoms with Gasteiger partial charge >= 0.3 is 6.03 Å². The fraction of sp³-hybridized carbons (Fsp3) is 0. The number of amides is 3. The van der Waals surface area contributed by atoms with Crippen molar-refractivity contribution in [1.82, 2.24) is 10.9 Å². The Bertz CT molecular complexity index is 488. The fourth-order valence-electron chi connectivity index (χ4n) is 1.06. The molecule has 0 aliphatic rings. The van der Waals surface area contributed by atoms with Gasteiger partial charge in [0.2, 0.25) is 0 Å². The van der Waals surface area contributed by atoms with Crippen LogP contribution in [0, 0.1) is 0 Å². The molecule has 0 atom stereocenters. The Labute approximate surface area is 92.9 Å². The Morgan fingerprint density at radius 1 is 1.27 bits per heavy atom. The number of hydrazine groups is 1. The first kappa shape index (κ1) is 9.94. The Hall–Kier alpha value is -1.60. The average Bonchev–Trinajstić information content (AvgIpc) is 2.72. The van der Waals surface area contributed by atoms with Crippen LogP contribution < -0.4 is 16.6 Å². The van der Waals surface area contributed by atoms with Gasteiger partial charge in [-0.2, -0.15) is 0 Å². The molecule has 0 unspecified atom stereocenters. The summed E-state index contributed by atoms with van der Waals surface area (Å²) >= 11 is 2.94. The molecule has 5 nitrogen and oxygen atoms in total. The molecule has 2 aromatic rings. The van der Waals surface area contributed by atoms with Gasteiger partial charge < -0.3 is 5.73 Å². The first-order chi connectivity index (χ1) is 7.16. The molecule has 2 heterocycles. The molecule has 0 spiro atoms.